The molecule has 0 amide bonds. The summed E-state index contributed by atoms with van der Waals surface area (Å²) in [6.07, 6.45) is 2.26. The molecule has 4 heteroatoms. The maximum Gasteiger partial charge on any atom is 0.172 e. The van der Waals surface area contributed by atoms with E-state index in [-0.39, 0.29) is 11.7 Å². The number of rotatable bonds is 7. The summed E-state index contributed by atoms with van der Waals surface area (Å²) >= 11 is 5.69. The van der Waals surface area contributed by atoms with Crippen molar-refractivity contribution in [1.82, 2.24) is 0 Å². The van der Waals surface area contributed by atoms with Crippen molar-refractivity contribution in [3.63, 3.8) is 0 Å². The van der Waals surface area contributed by atoms with Gasteiger partial charge in [0, 0.05) is 12.6 Å². The lowest BCUT2D eigenvalue weighted by Crippen LogP contribution is -2.22. The maximum atomic E-state index is 12.0. The molecule has 2 aromatic carbocycles. The van der Waals surface area contributed by atoms with Crippen LogP contribution in [0.2, 0.25) is 0 Å². The Bertz CT molecular complexity index is 623. The zero-order valence-corrected chi connectivity index (χ0v) is 13.2. The first kappa shape index (κ1) is 16.2. The van der Waals surface area contributed by atoms with Gasteiger partial charge in [-0.25, -0.2) is 0 Å². The molecule has 1 atom stereocenters. The van der Waals surface area contributed by atoms with Gasteiger partial charge in [0.25, 0.3) is 0 Å². The van der Waals surface area contributed by atoms with Gasteiger partial charge in [0.05, 0.1) is 13.0 Å². The van der Waals surface area contributed by atoms with E-state index < -0.39 is 6.04 Å². The Kier molecular flexibility index (Phi) is 6.16. The number of Topliss-reactive ketones (excluding diaryl/α,β-unsaturated/α-hetero) is 1. The monoisotopic (exact) mass is 315 g/mol. The van der Waals surface area contributed by atoms with Gasteiger partial charge in [0.15, 0.2) is 5.78 Å². The zero-order chi connectivity index (χ0) is 15.8. The molecule has 0 saturated heterocycles. The largest absolute Gasteiger partial charge is 0.497 e. The summed E-state index contributed by atoms with van der Waals surface area (Å²) < 4.78 is 5.11. The Morgan fingerprint density at radius 3 is 2.45 bits per heavy atom. The molecule has 22 heavy (non-hydrogen) atoms. The van der Waals surface area contributed by atoms with Gasteiger partial charge in [-0.1, -0.05) is 30.3 Å². The van der Waals surface area contributed by atoms with E-state index in [9.17, 15) is 4.79 Å². The summed E-state index contributed by atoms with van der Waals surface area (Å²) in [5.74, 6) is 0.683. The topological polar surface area (TPSA) is 38.7 Å². The van der Waals surface area contributed by atoms with E-state index in [1.54, 1.807) is 13.3 Å². The van der Waals surface area contributed by atoms with Crippen LogP contribution >= 0.6 is 11.6 Å². The predicted octanol–water partition coefficient (Wildman–Crippen LogP) is 3.53. The highest BCUT2D eigenvalue weighted by atomic mass is 35.5. The van der Waals surface area contributed by atoms with Crippen molar-refractivity contribution in [2.45, 2.75) is 12.5 Å². The molecular formula is C18H18ClNO2. The lowest BCUT2D eigenvalue weighted by Gasteiger charge is -2.10. The number of ketones is 1. The first-order valence-corrected chi connectivity index (χ1v) is 7.56. The summed E-state index contributed by atoms with van der Waals surface area (Å²) in [5.41, 5.74) is 1.99. The fourth-order valence-corrected chi connectivity index (χ4v) is 2.22. The summed E-state index contributed by atoms with van der Waals surface area (Å²) in [6, 6.07) is 16.9. The number of carbonyl (C=O) groups is 1. The molecule has 0 aliphatic heterocycles. The van der Waals surface area contributed by atoms with E-state index in [0.717, 1.165) is 16.9 Å². The third kappa shape index (κ3) is 4.71. The van der Waals surface area contributed by atoms with Crippen LogP contribution in [0.25, 0.3) is 0 Å². The minimum absolute atomic E-state index is 0.0303. The average Bonchev–Trinajstić information content (AvgIpc) is 2.59. The number of ether oxygens (including phenoxy) is 1. The van der Waals surface area contributed by atoms with Crippen molar-refractivity contribution < 1.29 is 9.53 Å². The number of hydrogen-bond donors (Lipinski definition) is 0. The minimum Gasteiger partial charge on any atom is -0.497 e. The molecule has 0 bridgehead atoms. The molecule has 0 heterocycles. The molecule has 0 radical (unpaired) electrons. The number of aliphatic imine (C=N–C) groups is 1. The van der Waals surface area contributed by atoms with E-state index >= 15 is 0 Å². The molecule has 0 aliphatic carbocycles. The molecule has 0 aliphatic rings. The van der Waals surface area contributed by atoms with Gasteiger partial charge in [-0.15, -0.1) is 11.6 Å². The van der Waals surface area contributed by atoms with Crippen LogP contribution in [0.5, 0.6) is 5.75 Å². The number of benzene rings is 2. The number of halogens is 1. The molecule has 2 aromatic rings. The third-order valence-corrected chi connectivity index (χ3v) is 3.56. The highest BCUT2D eigenvalue weighted by molar-refractivity contribution is 6.28. The molecule has 3 nitrogen and oxygen atoms in total. The third-order valence-electron chi connectivity index (χ3n) is 3.29. The predicted molar refractivity (Wildman–Crippen MR) is 90.2 cm³/mol. The van der Waals surface area contributed by atoms with E-state index in [4.69, 9.17) is 16.3 Å². The smallest absolute Gasteiger partial charge is 0.172 e. The molecule has 0 unspecified atom stereocenters. The number of methoxy groups -OCH3 is 1. The average molecular weight is 316 g/mol. The van der Waals surface area contributed by atoms with Crippen LogP contribution in [-0.2, 0) is 11.2 Å². The van der Waals surface area contributed by atoms with Gasteiger partial charge < -0.3 is 4.74 Å². The van der Waals surface area contributed by atoms with Crippen molar-refractivity contribution in [2.24, 2.45) is 4.99 Å². The summed E-state index contributed by atoms with van der Waals surface area (Å²) in [5, 5.41) is 0. The van der Waals surface area contributed by atoms with Gasteiger partial charge in [-0.2, -0.15) is 0 Å². The molecule has 0 saturated carbocycles. The SMILES string of the molecule is COc1ccc(/C=N/[C@@H](Cc2ccccc2)C(=O)CCl)cc1. The Morgan fingerprint density at radius 1 is 1.18 bits per heavy atom. The van der Waals surface area contributed by atoms with Crippen molar-refractivity contribution in [2.75, 3.05) is 13.0 Å². The van der Waals surface area contributed by atoms with Crippen LogP contribution in [0, 0.1) is 0 Å². The Hall–Kier alpha value is -2.13. The van der Waals surface area contributed by atoms with Gasteiger partial charge in [-0.05, 0) is 35.4 Å². The lowest BCUT2D eigenvalue weighted by molar-refractivity contribution is -0.117. The second kappa shape index (κ2) is 8.35. The number of nitrogens with zero attached hydrogens (tertiary/aromatic N) is 1. The summed E-state index contributed by atoms with van der Waals surface area (Å²) in [4.78, 5) is 16.4. The standard InChI is InChI=1S/C18H18ClNO2/c1-22-16-9-7-15(8-10-16)13-20-17(18(21)12-19)11-14-5-3-2-4-6-14/h2-10,13,17H,11-12H2,1H3/b20-13+/t17-/m0/s1. The molecule has 0 fully saturated rings. The van der Waals surface area contributed by atoms with E-state index in [0.29, 0.717) is 6.42 Å². The zero-order valence-electron chi connectivity index (χ0n) is 12.4. The highest BCUT2D eigenvalue weighted by Crippen LogP contribution is 2.11. The molecule has 0 spiro atoms. The first-order chi connectivity index (χ1) is 10.7. The van der Waals surface area contributed by atoms with Gasteiger partial charge in [-0.3, -0.25) is 9.79 Å². The molecule has 2 rings (SSSR count). The quantitative estimate of drug-likeness (QED) is 0.579. The second-order valence-electron chi connectivity index (χ2n) is 4.86. The second-order valence-corrected chi connectivity index (χ2v) is 5.12. The molecule has 0 aromatic heterocycles. The van der Waals surface area contributed by atoms with E-state index in [1.807, 2.05) is 54.6 Å². The molecule has 114 valence electrons. The Morgan fingerprint density at radius 2 is 1.86 bits per heavy atom. The van der Waals surface area contributed by atoms with Crippen LogP contribution in [-0.4, -0.2) is 31.0 Å². The molecule has 0 N–H and O–H groups in total. The van der Waals surface area contributed by atoms with Crippen LogP contribution in [0.1, 0.15) is 11.1 Å². The number of hydrogen-bond acceptors (Lipinski definition) is 3. The lowest BCUT2D eigenvalue weighted by atomic mass is 10.0. The number of carbonyl (C=O) groups excluding carboxylic acids is 1. The van der Waals surface area contributed by atoms with Gasteiger partial charge >= 0.3 is 0 Å². The molecular weight excluding hydrogens is 298 g/mol. The van der Waals surface area contributed by atoms with Crippen molar-refractivity contribution in [1.29, 1.82) is 0 Å². The van der Waals surface area contributed by atoms with E-state index in [1.165, 1.54) is 0 Å². The van der Waals surface area contributed by atoms with Crippen LogP contribution in [0.3, 0.4) is 0 Å². The van der Waals surface area contributed by atoms with Crippen molar-refractivity contribution >= 4 is 23.6 Å². The maximum absolute atomic E-state index is 12.0. The van der Waals surface area contributed by atoms with Crippen LogP contribution < -0.4 is 4.74 Å². The fourth-order valence-electron chi connectivity index (χ4n) is 2.04. The Labute approximate surface area is 135 Å². The summed E-state index contributed by atoms with van der Waals surface area (Å²) in [7, 11) is 1.62. The van der Waals surface area contributed by atoms with Gasteiger partial charge in [0.1, 0.15) is 11.8 Å². The van der Waals surface area contributed by atoms with Gasteiger partial charge in [0.2, 0.25) is 0 Å². The Balaban J connectivity index is 2.11. The minimum atomic E-state index is -0.456. The van der Waals surface area contributed by atoms with Crippen LogP contribution in [0.15, 0.2) is 59.6 Å². The van der Waals surface area contributed by atoms with Crippen LogP contribution in [0.4, 0.5) is 0 Å². The number of alkyl halides is 1. The van der Waals surface area contributed by atoms with Crippen molar-refractivity contribution in [3.05, 3.63) is 65.7 Å². The summed E-state index contributed by atoms with van der Waals surface area (Å²) in [6.45, 7) is 0. The first-order valence-electron chi connectivity index (χ1n) is 7.02. The fraction of sp³-hybridized carbons (Fsp3) is 0.222. The van der Waals surface area contributed by atoms with Crippen molar-refractivity contribution in [3.8, 4) is 5.75 Å². The normalized spacial score (nSPS) is 12.3. The highest BCUT2D eigenvalue weighted by Gasteiger charge is 2.16. The van der Waals surface area contributed by atoms with E-state index in [2.05, 4.69) is 4.99 Å².